The monoisotopic (exact) mass is 383 g/mol. The second-order valence-electron chi connectivity index (χ2n) is 7.24. The van der Waals surface area contributed by atoms with Gasteiger partial charge < -0.3 is 9.80 Å². The van der Waals surface area contributed by atoms with Gasteiger partial charge >= 0.3 is 0 Å². The number of piperidine rings is 1. The van der Waals surface area contributed by atoms with E-state index in [2.05, 4.69) is 16.8 Å². The topological polar surface area (TPSA) is 70.6 Å². The predicted molar refractivity (Wildman–Crippen MR) is 99.0 cm³/mol. The summed E-state index contributed by atoms with van der Waals surface area (Å²) < 4.78 is 0. The first-order valence-corrected chi connectivity index (χ1v) is 9.24. The lowest BCUT2D eigenvalue weighted by Gasteiger charge is -2.55. The second-order valence-corrected chi connectivity index (χ2v) is 7.62. The van der Waals surface area contributed by atoms with Crippen molar-refractivity contribution < 1.29 is 14.4 Å². The molecule has 1 aliphatic carbocycles. The fraction of sp³-hybridized carbons (Fsp3) is 0.400. The van der Waals surface area contributed by atoms with E-state index in [1.165, 1.54) is 6.20 Å². The standard InChI is InChI=1S/C20H18ClN3O3/c1-2-4-14(25)23-9-6-20(7-10-23)11-24(12-20)17-15(21)18(26)13-5-3-8-22-16(13)19(17)27/h3,5,8H,6-7,9-12H2,1H3. The summed E-state index contributed by atoms with van der Waals surface area (Å²) in [5.41, 5.74) is 0.736. The van der Waals surface area contributed by atoms with Crippen molar-refractivity contribution in [3.63, 3.8) is 0 Å². The molecule has 0 radical (unpaired) electrons. The van der Waals surface area contributed by atoms with E-state index in [1.807, 2.05) is 4.90 Å². The van der Waals surface area contributed by atoms with Gasteiger partial charge in [0.25, 0.3) is 5.91 Å². The van der Waals surface area contributed by atoms with Crippen LogP contribution in [0, 0.1) is 17.3 Å². The minimum absolute atomic E-state index is 0.0267. The van der Waals surface area contributed by atoms with Crippen LogP contribution >= 0.6 is 11.6 Å². The van der Waals surface area contributed by atoms with Crippen LogP contribution < -0.4 is 0 Å². The van der Waals surface area contributed by atoms with Crippen molar-refractivity contribution in [3.8, 4) is 11.8 Å². The van der Waals surface area contributed by atoms with Crippen LogP contribution in [0.15, 0.2) is 29.1 Å². The zero-order chi connectivity index (χ0) is 19.2. The van der Waals surface area contributed by atoms with Crippen LogP contribution in [0.25, 0.3) is 0 Å². The quantitative estimate of drug-likeness (QED) is 0.692. The fourth-order valence-corrected chi connectivity index (χ4v) is 4.40. The Labute approximate surface area is 162 Å². The Morgan fingerprint density at radius 3 is 2.59 bits per heavy atom. The molecule has 138 valence electrons. The van der Waals surface area contributed by atoms with Gasteiger partial charge in [-0.05, 0) is 37.8 Å². The predicted octanol–water partition coefficient (Wildman–Crippen LogP) is 1.86. The first kappa shape index (κ1) is 17.7. The van der Waals surface area contributed by atoms with E-state index in [-0.39, 0.29) is 44.9 Å². The van der Waals surface area contributed by atoms with Gasteiger partial charge in [-0.1, -0.05) is 17.5 Å². The summed E-state index contributed by atoms with van der Waals surface area (Å²) in [7, 11) is 0. The lowest BCUT2D eigenvalue weighted by Crippen LogP contribution is -2.61. The number of halogens is 1. The average molecular weight is 384 g/mol. The highest BCUT2D eigenvalue weighted by Crippen LogP contribution is 2.44. The Morgan fingerprint density at radius 2 is 1.93 bits per heavy atom. The van der Waals surface area contributed by atoms with Gasteiger partial charge in [0.2, 0.25) is 11.6 Å². The van der Waals surface area contributed by atoms with Gasteiger partial charge in [0.05, 0.1) is 5.56 Å². The van der Waals surface area contributed by atoms with Crippen LogP contribution in [0.3, 0.4) is 0 Å². The number of aromatic nitrogens is 1. The first-order chi connectivity index (χ1) is 13.0. The largest absolute Gasteiger partial charge is 0.366 e. The summed E-state index contributed by atoms with van der Waals surface area (Å²) in [6, 6.07) is 3.20. The summed E-state index contributed by atoms with van der Waals surface area (Å²) in [5.74, 6) is 4.43. The molecule has 2 saturated heterocycles. The smallest absolute Gasteiger partial charge is 0.298 e. The molecule has 0 atom stereocenters. The normalized spacial score (nSPS) is 20.8. The molecule has 0 unspecified atom stereocenters. The average Bonchev–Trinajstić information content (AvgIpc) is 2.65. The molecular formula is C20H18ClN3O3. The minimum atomic E-state index is -0.353. The van der Waals surface area contributed by atoms with E-state index < -0.39 is 0 Å². The van der Waals surface area contributed by atoms with E-state index >= 15 is 0 Å². The Hall–Kier alpha value is -2.65. The van der Waals surface area contributed by atoms with Crippen LogP contribution in [0.5, 0.6) is 0 Å². The number of amides is 1. The van der Waals surface area contributed by atoms with Gasteiger partial charge in [0.1, 0.15) is 16.4 Å². The maximum Gasteiger partial charge on any atom is 0.298 e. The number of fused-ring (bicyclic) bond motifs is 1. The molecule has 1 aromatic rings. The number of carbonyl (C=O) groups excluding carboxylic acids is 3. The number of Topliss-reactive ketones (excluding diaryl/α,β-unsaturated/α-hetero) is 2. The zero-order valence-electron chi connectivity index (χ0n) is 14.9. The third-order valence-electron chi connectivity index (χ3n) is 5.60. The van der Waals surface area contributed by atoms with Crippen LogP contribution in [0.2, 0.25) is 0 Å². The van der Waals surface area contributed by atoms with Crippen LogP contribution in [0.1, 0.15) is 40.6 Å². The number of rotatable bonds is 1. The molecule has 1 aromatic heterocycles. The van der Waals surface area contributed by atoms with Crippen LogP contribution in [0.4, 0.5) is 0 Å². The van der Waals surface area contributed by atoms with E-state index in [1.54, 1.807) is 24.0 Å². The number of carbonyl (C=O) groups is 3. The molecule has 7 heteroatoms. The third kappa shape index (κ3) is 2.83. The highest BCUT2D eigenvalue weighted by atomic mass is 35.5. The molecule has 3 heterocycles. The van der Waals surface area contributed by atoms with E-state index in [9.17, 15) is 14.4 Å². The number of hydrogen-bond donors (Lipinski definition) is 0. The number of nitrogens with zero attached hydrogens (tertiary/aromatic N) is 3. The first-order valence-electron chi connectivity index (χ1n) is 8.86. The molecule has 0 aromatic carbocycles. The third-order valence-corrected chi connectivity index (χ3v) is 5.95. The molecule has 1 amide bonds. The number of hydrogen-bond acceptors (Lipinski definition) is 5. The molecule has 2 fully saturated rings. The van der Waals surface area contributed by atoms with E-state index in [0.29, 0.717) is 26.2 Å². The minimum Gasteiger partial charge on any atom is -0.366 e. The van der Waals surface area contributed by atoms with Crippen LogP contribution in [-0.2, 0) is 4.79 Å². The molecule has 4 rings (SSSR count). The number of likely N-dealkylation sites (tertiary alicyclic amines) is 2. The van der Waals surface area contributed by atoms with E-state index in [0.717, 1.165) is 12.8 Å². The highest BCUT2D eigenvalue weighted by molar-refractivity contribution is 6.49. The van der Waals surface area contributed by atoms with Crippen molar-refractivity contribution >= 4 is 29.1 Å². The maximum atomic E-state index is 12.8. The van der Waals surface area contributed by atoms with Crippen molar-refractivity contribution in [2.24, 2.45) is 5.41 Å². The van der Waals surface area contributed by atoms with Gasteiger partial charge in [-0.3, -0.25) is 19.4 Å². The van der Waals surface area contributed by atoms with Crippen molar-refractivity contribution in [1.82, 2.24) is 14.8 Å². The van der Waals surface area contributed by atoms with Crippen LogP contribution in [-0.4, -0.2) is 58.4 Å². The molecule has 3 aliphatic rings. The molecule has 0 N–H and O–H groups in total. The number of allylic oxidation sites excluding steroid dienone is 2. The van der Waals surface area contributed by atoms with Gasteiger partial charge in [-0.25, -0.2) is 0 Å². The molecule has 6 nitrogen and oxygen atoms in total. The number of pyridine rings is 1. The summed E-state index contributed by atoms with van der Waals surface area (Å²) in [6.45, 7) is 4.28. The van der Waals surface area contributed by atoms with Gasteiger partial charge in [0.15, 0.2) is 0 Å². The number of ketones is 2. The summed E-state index contributed by atoms with van der Waals surface area (Å²) in [5, 5.41) is -0.0267. The molecule has 0 saturated carbocycles. The fourth-order valence-electron chi connectivity index (χ4n) is 4.10. The Balaban J connectivity index is 1.48. The molecule has 27 heavy (non-hydrogen) atoms. The Morgan fingerprint density at radius 1 is 1.22 bits per heavy atom. The van der Waals surface area contributed by atoms with Crippen molar-refractivity contribution in [3.05, 3.63) is 40.3 Å². The second kappa shape index (κ2) is 6.50. The molecular weight excluding hydrogens is 366 g/mol. The Kier molecular flexibility index (Phi) is 4.27. The summed E-state index contributed by atoms with van der Waals surface area (Å²) in [6.07, 6.45) is 3.20. The van der Waals surface area contributed by atoms with Crippen molar-refractivity contribution in [2.45, 2.75) is 19.8 Å². The van der Waals surface area contributed by atoms with Gasteiger partial charge in [-0.2, -0.15) is 0 Å². The zero-order valence-corrected chi connectivity index (χ0v) is 15.7. The lowest BCUT2D eigenvalue weighted by molar-refractivity contribution is -0.129. The summed E-state index contributed by atoms with van der Waals surface area (Å²) in [4.78, 5) is 44.9. The molecule has 0 bridgehead atoms. The molecule has 2 aliphatic heterocycles. The molecule has 1 spiro atoms. The summed E-state index contributed by atoms with van der Waals surface area (Å²) >= 11 is 6.26. The van der Waals surface area contributed by atoms with Gasteiger partial charge in [-0.15, -0.1) is 0 Å². The Bertz CT molecular complexity index is 941. The maximum absolute atomic E-state index is 12.8. The van der Waals surface area contributed by atoms with Crippen molar-refractivity contribution in [2.75, 3.05) is 26.2 Å². The van der Waals surface area contributed by atoms with E-state index in [4.69, 9.17) is 11.6 Å². The van der Waals surface area contributed by atoms with Gasteiger partial charge in [0, 0.05) is 37.8 Å². The SMILES string of the molecule is CC#CC(=O)N1CCC2(CC1)CN(C1=C(Cl)C(=O)c3cccnc3C1=O)C2. The highest BCUT2D eigenvalue weighted by Gasteiger charge is 2.49. The van der Waals surface area contributed by atoms with Crippen molar-refractivity contribution in [1.29, 1.82) is 0 Å². The lowest BCUT2D eigenvalue weighted by atomic mass is 9.71.